The van der Waals surface area contributed by atoms with Crippen LogP contribution in [0.5, 0.6) is 0 Å². The molecule has 0 aromatic carbocycles. The van der Waals surface area contributed by atoms with Gasteiger partial charge in [0.25, 0.3) is 0 Å². The lowest BCUT2D eigenvalue weighted by Gasteiger charge is -2.26. The second kappa shape index (κ2) is 5.23. The van der Waals surface area contributed by atoms with Gasteiger partial charge in [-0.05, 0) is 19.4 Å². The van der Waals surface area contributed by atoms with Crippen LogP contribution >= 0.6 is 11.6 Å². The van der Waals surface area contributed by atoms with Crippen molar-refractivity contribution in [3.63, 3.8) is 0 Å². The molecule has 0 aromatic heterocycles. The van der Waals surface area contributed by atoms with E-state index in [1.807, 2.05) is 12.2 Å². The highest BCUT2D eigenvalue weighted by Gasteiger charge is 2.36. The SMILES string of the molecule is CN(C)C(=O)C1NCC[C@@H]1C1=CC=CC(Cl)C1. The third kappa shape index (κ3) is 2.72. The van der Waals surface area contributed by atoms with Crippen molar-refractivity contribution in [1.29, 1.82) is 0 Å². The van der Waals surface area contributed by atoms with Gasteiger partial charge in [-0.15, -0.1) is 11.6 Å². The minimum atomic E-state index is -0.0772. The Labute approximate surface area is 108 Å². The van der Waals surface area contributed by atoms with Crippen LogP contribution in [0.15, 0.2) is 23.8 Å². The molecule has 3 nitrogen and oxygen atoms in total. The van der Waals surface area contributed by atoms with E-state index >= 15 is 0 Å². The fourth-order valence-corrected chi connectivity index (χ4v) is 2.84. The van der Waals surface area contributed by atoms with E-state index in [9.17, 15) is 4.79 Å². The Morgan fingerprint density at radius 2 is 2.29 bits per heavy atom. The number of allylic oxidation sites excluding steroid dienone is 3. The first-order chi connectivity index (χ1) is 8.09. The molecule has 3 atom stereocenters. The average molecular weight is 255 g/mol. The molecule has 1 saturated heterocycles. The highest BCUT2D eigenvalue weighted by molar-refractivity contribution is 6.22. The summed E-state index contributed by atoms with van der Waals surface area (Å²) in [6.07, 6.45) is 8.00. The molecule has 1 aliphatic carbocycles. The summed E-state index contributed by atoms with van der Waals surface area (Å²) in [7, 11) is 3.61. The van der Waals surface area contributed by atoms with Crippen LogP contribution in [0.4, 0.5) is 0 Å². The Kier molecular flexibility index (Phi) is 3.89. The summed E-state index contributed by atoms with van der Waals surface area (Å²) < 4.78 is 0. The maximum absolute atomic E-state index is 12.1. The minimum Gasteiger partial charge on any atom is -0.347 e. The van der Waals surface area contributed by atoms with Crippen molar-refractivity contribution in [3.8, 4) is 0 Å². The van der Waals surface area contributed by atoms with E-state index in [1.165, 1.54) is 5.57 Å². The van der Waals surface area contributed by atoms with Gasteiger partial charge in [0.1, 0.15) is 0 Å². The number of halogens is 1. The number of hydrogen-bond donors (Lipinski definition) is 1. The molecule has 0 spiro atoms. The topological polar surface area (TPSA) is 32.3 Å². The molecule has 2 unspecified atom stereocenters. The fourth-order valence-electron chi connectivity index (χ4n) is 2.58. The van der Waals surface area contributed by atoms with Crippen LogP contribution < -0.4 is 5.32 Å². The third-order valence-electron chi connectivity index (χ3n) is 3.47. The second-order valence-electron chi connectivity index (χ2n) is 4.91. The second-order valence-corrected chi connectivity index (χ2v) is 5.47. The smallest absolute Gasteiger partial charge is 0.239 e. The van der Waals surface area contributed by atoms with Gasteiger partial charge in [0.2, 0.25) is 5.91 Å². The molecule has 1 heterocycles. The normalized spacial score (nSPS) is 32.4. The Hall–Kier alpha value is -0.800. The highest BCUT2D eigenvalue weighted by Crippen LogP contribution is 2.31. The number of alkyl halides is 1. The average Bonchev–Trinajstić information content (AvgIpc) is 2.76. The van der Waals surface area contributed by atoms with Crippen LogP contribution in [-0.4, -0.2) is 42.9 Å². The third-order valence-corrected chi connectivity index (χ3v) is 3.77. The molecule has 2 rings (SSSR count). The number of likely N-dealkylation sites (N-methyl/N-ethyl adjacent to an activating group) is 1. The molecular weight excluding hydrogens is 236 g/mol. The van der Waals surface area contributed by atoms with Crippen LogP contribution in [-0.2, 0) is 4.79 Å². The van der Waals surface area contributed by atoms with Crippen molar-refractivity contribution in [2.45, 2.75) is 24.3 Å². The van der Waals surface area contributed by atoms with E-state index in [0.29, 0.717) is 5.92 Å². The van der Waals surface area contributed by atoms with Gasteiger partial charge < -0.3 is 10.2 Å². The summed E-state index contributed by atoms with van der Waals surface area (Å²) in [5.74, 6) is 0.463. The molecule has 94 valence electrons. The predicted molar refractivity (Wildman–Crippen MR) is 70.1 cm³/mol. The van der Waals surface area contributed by atoms with Crippen LogP contribution in [0.25, 0.3) is 0 Å². The van der Waals surface area contributed by atoms with Crippen molar-refractivity contribution in [1.82, 2.24) is 10.2 Å². The van der Waals surface area contributed by atoms with E-state index in [-0.39, 0.29) is 17.3 Å². The standard InChI is InChI=1S/C13H19ClN2O/c1-16(2)13(17)12-11(6-7-15-12)9-4-3-5-10(14)8-9/h3-5,10-12,15H,6-8H2,1-2H3/t10?,11-,12?/m1/s1. The first-order valence-corrected chi connectivity index (χ1v) is 6.49. The Morgan fingerprint density at radius 1 is 1.53 bits per heavy atom. The molecule has 1 amide bonds. The molecule has 4 heteroatoms. The molecule has 2 aliphatic rings. The van der Waals surface area contributed by atoms with Gasteiger partial charge in [-0.25, -0.2) is 0 Å². The number of carbonyl (C=O) groups excluding carboxylic acids is 1. The van der Waals surface area contributed by atoms with Crippen molar-refractivity contribution < 1.29 is 4.79 Å². The summed E-state index contributed by atoms with van der Waals surface area (Å²) in [5.41, 5.74) is 1.30. The maximum atomic E-state index is 12.1. The summed E-state index contributed by atoms with van der Waals surface area (Å²) in [5, 5.41) is 3.38. The molecule has 1 aliphatic heterocycles. The number of nitrogens with one attached hydrogen (secondary N) is 1. The number of carbonyl (C=O) groups is 1. The Morgan fingerprint density at radius 3 is 2.94 bits per heavy atom. The zero-order valence-corrected chi connectivity index (χ0v) is 11.1. The largest absolute Gasteiger partial charge is 0.347 e. The first-order valence-electron chi connectivity index (χ1n) is 6.05. The monoisotopic (exact) mass is 254 g/mol. The summed E-state index contributed by atoms with van der Waals surface area (Å²) in [4.78, 5) is 13.7. The zero-order chi connectivity index (χ0) is 12.4. The van der Waals surface area contributed by atoms with Gasteiger partial charge >= 0.3 is 0 Å². The van der Waals surface area contributed by atoms with E-state index < -0.39 is 0 Å². The van der Waals surface area contributed by atoms with E-state index in [0.717, 1.165) is 19.4 Å². The fraction of sp³-hybridized carbons (Fsp3) is 0.615. The van der Waals surface area contributed by atoms with Crippen molar-refractivity contribution in [3.05, 3.63) is 23.8 Å². The van der Waals surface area contributed by atoms with Gasteiger partial charge in [0, 0.05) is 20.0 Å². The number of amides is 1. The van der Waals surface area contributed by atoms with E-state index in [1.54, 1.807) is 19.0 Å². The van der Waals surface area contributed by atoms with Crippen molar-refractivity contribution in [2.75, 3.05) is 20.6 Å². The molecule has 0 bridgehead atoms. The van der Waals surface area contributed by atoms with Gasteiger partial charge in [-0.3, -0.25) is 4.79 Å². The molecular formula is C13H19ClN2O. The van der Waals surface area contributed by atoms with Crippen molar-refractivity contribution >= 4 is 17.5 Å². The van der Waals surface area contributed by atoms with Gasteiger partial charge in [-0.2, -0.15) is 0 Å². The molecule has 0 aromatic rings. The van der Waals surface area contributed by atoms with Gasteiger partial charge in [0.05, 0.1) is 11.4 Å². The lowest BCUT2D eigenvalue weighted by Crippen LogP contribution is -2.43. The summed E-state index contributed by atoms with van der Waals surface area (Å²) in [6, 6.07) is -0.0772. The summed E-state index contributed by atoms with van der Waals surface area (Å²) >= 11 is 6.14. The molecule has 1 N–H and O–H groups in total. The molecule has 17 heavy (non-hydrogen) atoms. The van der Waals surface area contributed by atoms with Gasteiger partial charge in [0.15, 0.2) is 0 Å². The summed E-state index contributed by atoms with van der Waals surface area (Å²) in [6.45, 7) is 0.906. The lowest BCUT2D eigenvalue weighted by atomic mass is 9.86. The number of hydrogen-bond acceptors (Lipinski definition) is 2. The number of nitrogens with zero attached hydrogens (tertiary/aromatic N) is 1. The Bertz CT molecular complexity index is 362. The molecule has 0 radical (unpaired) electrons. The van der Waals surface area contributed by atoms with Crippen LogP contribution in [0, 0.1) is 5.92 Å². The zero-order valence-electron chi connectivity index (χ0n) is 10.3. The minimum absolute atomic E-state index is 0.0747. The molecule has 1 fully saturated rings. The lowest BCUT2D eigenvalue weighted by molar-refractivity contribution is -0.131. The van der Waals surface area contributed by atoms with Gasteiger partial charge in [-0.1, -0.05) is 23.8 Å². The highest BCUT2D eigenvalue weighted by atomic mass is 35.5. The first kappa shape index (κ1) is 12.7. The van der Waals surface area contributed by atoms with Crippen LogP contribution in [0.2, 0.25) is 0 Å². The van der Waals surface area contributed by atoms with Crippen LogP contribution in [0.3, 0.4) is 0 Å². The molecule has 0 saturated carbocycles. The van der Waals surface area contributed by atoms with Crippen LogP contribution in [0.1, 0.15) is 12.8 Å². The predicted octanol–water partition coefficient (Wildman–Crippen LogP) is 1.55. The Balaban J connectivity index is 2.12. The maximum Gasteiger partial charge on any atom is 0.239 e. The van der Waals surface area contributed by atoms with Crippen molar-refractivity contribution in [2.24, 2.45) is 5.92 Å². The quantitative estimate of drug-likeness (QED) is 0.759. The van der Waals surface area contributed by atoms with E-state index in [2.05, 4.69) is 11.4 Å². The van der Waals surface area contributed by atoms with E-state index in [4.69, 9.17) is 11.6 Å². The number of rotatable bonds is 2.